The molecule has 2 rings (SSSR count). The topological polar surface area (TPSA) is 35.1 Å². The van der Waals surface area contributed by atoms with Crippen molar-refractivity contribution < 1.29 is 4.42 Å². The first-order valence-electron chi connectivity index (χ1n) is 6.80. The van der Waals surface area contributed by atoms with Gasteiger partial charge in [0.05, 0.1) is 5.52 Å². The summed E-state index contributed by atoms with van der Waals surface area (Å²) in [6.07, 6.45) is 2.26. The van der Waals surface area contributed by atoms with Gasteiger partial charge in [-0.2, -0.15) is 0 Å². The first kappa shape index (κ1) is 14.4. The Kier molecular flexibility index (Phi) is 4.50. The van der Waals surface area contributed by atoms with E-state index in [0.717, 1.165) is 11.9 Å². The fraction of sp³-hybridized carbons (Fsp3) is 0.533. The van der Waals surface area contributed by atoms with Crippen molar-refractivity contribution in [1.82, 2.24) is 4.57 Å². The Hall–Kier alpha value is -1.03. The van der Waals surface area contributed by atoms with E-state index in [2.05, 4.69) is 35.8 Å². The highest BCUT2D eigenvalue weighted by atomic mass is 79.9. The van der Waals surface area contributed by atoms with Crippen molar-refractivity contribution >= 4 is 27.0 Å². The van der Waals surface area contributed by atoms with Crippen LogP contribution in [-0.2, 0) is 6.54 Å². The average Bonchev–Trinajstić information content (AvgIpc) is 2.69. The van der Waals surface area contributed by atoms with Gasteiger partial charge in [0.2, 0.25) is 0 Å². The predicted molar refractivity (Wildman–Crippen MR) is 81.9 cm³/mol. The van der Waals surface area contributed by atoms with Crippen molar-refractivity contribution in [1.29, 1.82) is 0 Å². The molecule has 3 nitrogen and oxygen atoms in total. The third kappa shape index (κ3) is 3.11. The van der Waals surface area contributed by atoms with E-state index in [1.54, 1.807) is 4.57 Å². The van der Waals surface area contributed by atoms with Crippen molar-refractivity contribution in [3.8, 4) is 0 Å². The number of nitrogens with zero attached hydrogens (tertiary/aromatic N) is 1. The van der Waals surface area contributed by atoms with E-state index in [1.165, 1.54) is 12.0 Å². The summed E-state index contributed by atoms with van der Waals surface area (Å²) in [6.45, 7) is 7.03. The summed E-state index contributed by atoms with van der Waals surface area (Å²) >= 11 is 3.72. The van der Waals surface area contributed by atoms with Crippen molar-refractivity contribution in [3.05, 3.63) is 34.3 Å². The van der Waals surface area contributed by atoms with Crippen LogP contribution in [0.1, 0.15) is 44.0 Å². The third-order valence-electron chi connectivity index (χ3n) is 3.37. The van der Waals surface area contributed by atoms with Gasteiger partial charge >= 0.3 is 5.76 Å². The van der Waals surface area contributed by atoms with E-state index < -0.39 is 0 Å². The van der Waals surface area contributed by atoms with E-state index >= 15 is 0 Å². The molecule has 0 saturated heterocycles. The largest absolute Gasteiger partial charge is 0.419 e. The SMILES string of the molecule is CCn1c(=O)oc2cc(C(Br)CCC(C)C)ccc21. The molecule has 2 aromatic rings. The third-order valence-corrected chi connectivity index (χ3v) is 4.35. The Balaban J connectivity index is 2.29. The van der Waals surface area contributed by atoms with Crippen LogP contribution < -0.4 is 5.76 Å². The first-order valence-corrected chi connectivity index (χ1v) is 7.71. The summed E-state index contributed by atoms with van der Waals surface area (Å²) < 4.78 is 6.94. The molecular weight excluding hydrogens is 306 g/mol. The minimum Gasteiger partial charge on any atom is -0.408 e. The highest BCUT2D eigenvalue weighted by Gasteiger charge is 2.13. The molecule has 0 aliphatic carbocycles. The molecule has 0 aliphatic rings. The number of benzene rings is 1. The number of oxazole rings is 1. The molecule has 0 bridgehead atoms. The van der Waals surface area contributed by atoms with E-state index in [9.17, 15) is 4.79 Å². The average molecular weight is 326 g/mol. The fourth-order valence-corrected chi connectivity index (χ4v) is 2.77. The Morgan fingerprint density at radius 3 is 2.68 bits per heavy atom. The number of hydrogen-bond acceptors (Lipinski definition) is 2. The lowest BCUT2D eigenvalue weighted by molar-refractivity contribution is 0.512. The summed E-state index contributed by atoms with van der Waals surface area (Å²) in [5.74, 6) is 0.422. The van der Waals surface area contributed by atoms with Crippen LogP contribution in [0.25, 0.3) is 11.1 Å². The molecule has 19 heavy (non-hydrogen) atoms. The Morgan fingerprint density at radius 1 is 1.32 bits per heavy atom. The monoisotopic (exact) mass is 325 g/mol. The van der Waals surface area contributed by atoms with Crippen LogP contribution in [0.4, 0.5) is 0 Å². The lowest BCUT2D eigenvalue weighted by Gasteiger charge is -2.11. The molecule has 0 amide bonds. The van der Waals surface area contributed by atoms with Gasteiger partial charge in [0.15, 0.2) is 5.58 Å². The second-order valence-electron chi connectivity index (χ2n) is 5.28. The zero-order valence-corrected chi connectivity index (χ0v) is 13.2. The molecule has 1 atom stereocenters. The molecule has 0 aliphatic heterocycles. The summed E-state index contributed by atoms with van der Waals surface area (Å²) in [6, 6.07) is 6.02. The van der Waals surface area contributed by atoms with Gasteiger partial charge in [0.25, 0.3) is 0 Å². The second kappa shape index (κ2) is 5.95. The molecule has 0 spiro atoms. The highest BCUT2D eigenvalue weighted by molar-refractivity contribution is 9.09. The number of alkyl halides is 1. The lowest BCUT2D eigenvalue weighted by atomic mass is 10.0. The van der Waals surface area contributed by atoms with E-state index in [-0.39, 0.29) is 5.76 Å². The van der Waals surface area contributed by atoms with Crippen LogP contribution in [0.15, 0.2) is 27.4 Å². The smallest absolute Gasteiger partial charge is 0.408 e. The fourth-order valence-electron chi connectivity index (χ4n) is 2.22. The molecule has 0 radical (unpaired) electrons. The van der Waals surface area contributed by atoms with E-state index in [1.807, 2.05) is 19.1 Å². The number of aryl methyl sites for hydroxylation is 1. The molecule has 0 fully saturated rings. The maximum Gasteiger partial charge on any atom is 0.419 e. The molecule has 1 heterocycles. The van der Waals surface area contributed by atoms with Gasteiger partial charge in [-0.25, -0.2) is 4.79 Å². The molecule has 1 aromatic carbocycles. The van der Waals surface area contributed by atoms with Crippen LogP contribution in [0.2, 0.25) is 0 Å². The summed E-state index contributed by atoms with van der Waals surface area (Å²) in [7, 11) is 0. The summed E-state index contributed by atoms with van der Waals surface area (Å²) in [5.41, 5.74) is 2.73. The Morgan fingerprint density at radius 2 is 2.05 bits per heavy atom. The number of rotatable bonds is 5. The maximum atomic E-state index is 11.7. The molecule has 1 unspecified atom stereocenters. The number of hydrogen-bond donors (Lipinski definition) is 0. The number of aromatic nitrogens is 1. The van der Waals surface area contributed by atoms with Crippen molar-refractivity contribution in [2.45, 2.75) is 45.0 Å². The standard InChI is InChI=1S/C15H20BrNO2/c1-4-17-13-8-6-11(9-14(13)19-15(17)18)12(16)7-5-10(2)3/h6,8-10,12H,4-5,7H2,1-3H3. The van der Waals surface area contributed by atoms with Gasteiger partial charge in [-0.3, -0.25) is 4.57 Å². The van der Waals surface area contributed by atoms with Crippen LogP contribution in [0.3, 0.4) is 0 Å². The zero-order chi connectivity index (χ0) is 14.0. The Bertz CT molecular complexity index is 612. The van der Waals surface area contributed by atoms with Gasteiger partial charge < -0.3 is 4.42 Å². The van der Waals surface area contributed by atoms with Crippen molar-refractivity contribution in [2.24, 2.45) is 5.92 Å². The zero-order valence-electron chi connectivity index (χ0n) is 11.6. The molecular formula is C15H20BrNO2. The molecule has 1 aromatic heterocycles. The van der Waals surface area contributed by atoms with Crippen molar-refractivity contribution in [3.63, 3.8) is 0 Å². The molecule has 104 valence electrons. The van der Waals surface area contributed by atoms with Crippen LogP contribution in [0, 0.1) is 5.92 Å². The lowest BCUT2D eigenvalue weighted by Crippen LogP contribution is -2.11. The second-order valence-corrected chi connectivity index (χ2v) is 6.38. The summed E-state index contributed by atoms with van der Waals surface area (Å²) in [5, 5.41) is 0. The molecule has 0 N–H and O–H groups in total. The van der Waals surface area contributed by atoms with E-state index in [4.69, 9.17) is 4.42 Å². The van der Waals surface area contributed by atoms with Gasteiger partial charge in [-0.15, -0.1) is 0 Å². The number of halogens is 1. The normalized spacial score (nSPS) is 13.3. The molecule has 0 saturated carbocycles. The van der Waals surface area contributed by atoms with Crippen LogP contribution >= 0.6 is 15.9 Å². The van der Waals surface area contributed by atoms with Gasteiger partial charge in [0, 0.05) is 11.4 Å². The van der Waals surface area contributed by atoms with Crippen molar-refractivity contribution in [2.75, 3.05) is 0 Å². The van der Waals surface area contributed by atoms with Gasteiger partial charge in [-0.1, -0.05) is 35.8 Å². The van der Waals surface area contributed by atoms with E-state index in [0.29, 0.717) is 22.9 Å². The molecule has 4 heteroatoms. The predicted octanol–water partition coefficient (Wildman–Crippen LogP) is 4.49. The first-order chi connectivity index (χ1) is 9.02. The number of fused-ring (bicyclic) bond motifs is 1. The quantitative estimate of drug-likeness (QED) is 0.759. The van der Waals surface area contributed by atoms with Crippen LogP contribution in [0.5, 0.6) is 0 Å². The minimum absolute atomic E-state index is 0.275. The summed E-state index contributed by atoms with van der Waals surface area (Å²) in [4.78, 5) is 12.0. The maximum absolute atomic E-state index is 11.7. The van der Waals surface area contributed by atoms with Gasteiger partial charge in [-0.05, 0) is 43.4 Å². The van der Waals surface area contributed by atoms with Gasteiger partial charge in [0.1, 0.15) is 0 Å². The van der Waals surface area contributed by atoms with Crippen LogP contribution in [-0.4, -0.2) is 4.57 Å². The highest BCUT2D eigenvalue weighted by Crippen LogP contribution is 2.31. The Labute approximate surface area is 121 Å². The minimum atomic E-state index is -0.275.